The zero-order chi connectivity index (χ0) is 21.3. The number of nitrogens with zero attached hydrogens (tertiary/aromatic N) is 1. The highest BCUT2D eigenvalue weighted by atomic mass is 16.5. The fourth-order valence-electron chi connectivity index (χ4n) is 4.39. The number of amides is 1. The standard InChI is InChI=1S/C19H32N2O5.C2H2/c1-4-8-14(19(25)26-5-2)20-12(3)17(22)21-15-10-7-6-9-13(15)11-16(21)18(23)24;1-2/h12-16,20H,4-11H2,1-3H3,(H,23,24);1-2H/t12-,13?,14+,15?,16-;/m0./s1. The minimum absolute atomic E-state index is 0.00817. The van der Waals surface area contributed by atoms with Crippen molar-refractivity contribution in [2.75, 3.05) is 6.61 Å². The summed E-state index contributed by atoms with van der Waals surface area (Å²) in [5.74, 6) is -1.24. The van der Waals surface area contributed by atoms with Crippen molar-refractivity contribution in [2.24, 2.45) is 5.92 Å². The molecule has 1 aliphatic carbocycles. The van der Waals surface area contributed by atoms with Gasteiger partial charge in [0.1, 0.15) is 12.1 Å². The van der Waals surface area contributed by atoms with E-state index >= 15 is 0 Å². The Morgan fingerprint density at radius 1 is 1.21 bits per heavy atom. The monoisotopic (exact) mass is 394 g/mol. The molecule has 5 atom stereocenters. The molecule has 0 spiro atoms. The Labute approximate surface area is 168 Å². The largest absolute Gasteiger partial charge is 0.480 e. The van der Waals surface area contributed by atoms with Crippen molar-refractivity contribution >= 4 is 17.8 Å². The maximum atomic E-state index is 13.1. The quantitative estimate of drug-likeness (QED) is 0.484. The Hall–Kier alpha value is -2.07. The smallest absolute Gasteiger partial charge is 0.326 e. The second-order valence-electron chi connectivity index (χ2n) is 7.43. The Morgan fingerprint density at radius 3 is 2.43 bits per heavy atom. The first kappa shape index (κ1) is 24.0. The Kier molecular flexibility index (Phi) is 10.0. The van der Waals surface area contributed by atoms with E-state index in [1.54, 1.807) is 18.7 Å². The van der Waals surface area contributed by atoms with Crippen LogP contribution >= 0.6 is 0 Å². The predicted octanol–water partition coefficient (Wildman–Crippen LogP) is 2.19. The van der Waals surface area contributed by atoms with Gasteiger partial charge in [-0.1, -0.05) is 26.2 Å². The molecule has 2 fully saturated rings. The van der Waals surface area contributed by atoms with Crippen molar-refractivity contribution in [1.82, 2.24) is 10.2 Å². The summed E-state index contributed by atoms with van der Waals surface area (Å²) in [7, 11) is 0. The highest BCUT2D eigenvalue weighted by molar-refractivity contribution is 5.88. The fourth-order valence-corrected chi connectivity index (χ4v) is 4.39. The third-order valence-corrected chi connectivity index (χ3v) is 5.60. The van der Waals surface area contributed by atoms with Crippen molar-refractivity contribution in [3.8, 4) is 12.8 Å². The number of esters is 1. The molecule has 1 amide bonds. The third kappa shape index (κ3) is 5.71. The molecule has 2 unspecified atom stereocenters. The van der Waals surface area contributed by atoms with Gasteiger partial charge in [-0.2, -0.15) is 0 Å². The van der Waals surface area contributed by atoms with Crippen LogP contribution in [0.25, 0.3) is 0 Å². The minimum atomic E-state index is -0.935. The van der Waals surface area contributed by atoms with Crippen LogP contribution in [0.1, 0.15) is 65.7 Å². The van der Waals surface area contributed by atoms with E-state index in [-0.39, 0.29) is 23.8 Å². The van der Waals surface area contributed by atoms with Crippen molar-refractivity contribution < 1.29 is 24.2 Å². The second kappa shape index (κ2) is 11.7. The normalized spacial score (nSPS) is 25.6. The fraction of sp³-hybridized carbons (Fsp3) is 0.762. The van der Waals surface area contributed by atoms with Crippen LogP contribution in [0.5, 0.6) is 0 Å². The molecule has 7 nitrogen and oxygen atoms in total. The van der Waals surface area contributed by atoms with Gasteiger partial charge < -0.3 is 14.7 Å². The van der Waals surface area contributed by atoms with Crippen LogP contribution in [0.15, 0.2) is 0 Å². The Bertz CT molecular complexity index is 562. The minimum Gasteiger partial charge on any atom is -0.480 e. The molecule has 1 saturated carbocycles. The summed E-state index contributed by atoms with van der Waals surface area (Å²) in [6.45, 7) is 5.72. The summed E-state index contributed by atoms with van der Waals surface area (Å²) < 4.78 is 5.09. The molecule has 1 saturated heterocycles. The van der Waals surface area contributed by atoms with Crippen LogP contribution in [0.3, 0.4) is 0 Å². The maximum absolute atomic E-state index is 13.1. The first-order valence-corrected chi connectivity index (χ1v) is 10.2. The lowest BCUT2D eigenvalue weighted by Gasteiger charge is -2.35. The average Bonchev–Trinajstić information content (AvgIpc) is 3.08. The molecule has 28 heavy (non-hydrogen) atoms. The van der Waals surface area contributed by atoms with Crippen LogP contribution in [0.4, 0.5) is 0 Å². The van der Waals surface area contributed by atoms with Gasteiger partial charge in [-0.3, -0.25) is 14.9 Å². The van der Waals surface area contributed by atoms with E-state index in [1.165, 1.54) is 0 Å². The Balaban J connectivity index is 0.00000190. The van der Waals surface area contributed by atoms with E-state index in [2.05, 4.69) is 18.2 Å². The van der Waals surface area contributed by atoms with Crippen LogP contribution in [0, 0.1) is 18.8 Å². The number of rotatable bonds is 8. The number of carbonyl (C=O) groups is 3. The van der Waals surface area contributed by atoms with Crippen molar-refractivity contribution in [1.29, 1.82) is 0 Å². The maximum Gasteiger partial charge on any atom is 0.326 e. The Morgan fingerprint density at radius 2 is 1.86 bits per heavy atom. The van der Waals surface area contributed by atoms with Crippen molar-refractivity contribution in [3.63, 3.8) is 0 Å². The molecule has 2 rings (SSSR count). The number of carbonyl (C=O) groups excluding carboxylic acids is 2. The zero-order valence-corrected chi connectivity index (χ0v) is 17.2. The average molecular weight is 395 g/mol. The topological polar surface area (TPSA) is 95.9 Å². The molecule has 0 aromatic rings. The highest BCUT2D eigenvalue weighted by Gasteiger charge is 2.48. The van der Waals surface area contributed by atoms with Gasteiger partial charge in [0.25, 0.3) is 0 Å². The zero-order valence-electron chi connectivity index (χ0n) is 17.2. The molecular weight excluding hydrogens is 360 g/mol. The van der Waals surface area contributed by atoms with Gasteiger partial charge in [0, 0.05) is 6.04 Å². The number of carboxylic acids is 1. The first-order valence-electron chi connectivity index (χ1n) is 10.2. The van der Waals surface area contributed by atoms with Gasteiger partial charge >= 0.3 is 11.9 Å². The molecule has 0 radical (unpaired) electrons. The number of ether oxygens (including phenoxy) is 1. The van der Waals surface area contributed by atoms with Crippen LogP contribution in [0.2, 0.25) is 0 Å². The molecule has 0 aromatic carbocycles. The summed E-state index contributed by atoms with van der Waals surface area (Å²) in [5, 5.41) is 12.7. The van der Waals surface area contributed by atoms with Gasteiger partial charge in [0.05, 0.1) is 12.6 Å². The number of hydrogen-bond acceptors (Lipinski definition) is 5. The highest BCUT2D eigenvalue weighted by Crippen LogP contribution is 2.40. The SMILES string of the molecule is C#C.CCC[C@@H](N[C@@H](C)C(=O)N1C2CCCCC2C[C@H]1C(=O)O)C(=O)OCC. The molecule has 0 aromatic heterocycles. The van der Waals surface area contributed by atoms with Gasteiger partial charge in [-0.05, 0) is 45.4 Å². The van der Waals surface area contributed by atoms with Crippen LogP contribution in [-0.2, 0) is 19.1 Å². The third-order valence-electron chi connectivity index (χ3n) is 5.60. The van der Waals surface area contributed by atoms with Crippen molar-refractivity contribution in [2.45, 2.75) is 89.9 Å². The van der Waals surface area contributed by atoms with E-state index in [0.717, 1.165) is 32.1 Å². The second-order valence-corrected chi connectivity index (χ2v) is 7.43. The molecule has 0 bridgehead atoms. The molecule has 2 N–H and O–H groups in total. The summed E-state index contributed by atoms with van der Waals surface area (Å²) >= 11 is 0. The lowest BCUT2D eigenvalue weighted by atomic mass is 9.84. The van der Waals surface area contributed by atoms with Crippen molar-refractivity contribution in [3.05, 3.63) is 0 Å². The van der Waals surface area contributed by atoms with E-state index in [9.17, 15) is 19.5 Å². The number of terminal acetylenes is 1. The summed E-state index contributed by atoms with van der Waals surface area (Å²) in [4.78, 5) is 38.5. The van der Waals surface area contributed by atoms with Gasteiger partial charge in [0.2, 0.25) is 5.91 Å². The first-order chi connectivity index (χ1) is 13.4. The summed E-state index contributed by atoms with van der Waals surface area (Å²) in [6, 6.07) is -1.92. The molecule has 158 valence electrons. The molecule has 1 aliphatic heterocycles. The van der Waals surface area contributed by atoms with E-state index in [0.29, 0.717) is 19.4 Å². The number of aliphatic carboxylic acids is 1. The molecule has 7 heteroatoms. The predicted molar refractivity (Wildman–Crippen MR) is 106 cm³/mol. The lowest BCUT2D eigenvalue weighted by molar-refractivity contribution is -0.152. The number of likely N-dealkylation sites (tertiary alicyclic amines) is 1. The summed E-state index contributed by atoms with van der Waals surface area (Å²) in [5.41, 5.74) is 0. The van der Waals surface area contributed by atoms with E-state index in [1.807, 2.05) is 6.92 Å². The number of fused-ring (bicyclic) bond motifs is 1. The summed E-state index contributed by atoms with van der Waals surface area (Å²) in [6.07, 6.45) is 13.9. The van der Waals surface area contributed by atoms with Gasteiger partial charge in [0.15, 0.2) is 0 Å². The van der Waals surface area contributed by atoms with E-state index < -0.39 is 24.1 Å². The van der Waals surface area contributed by atoms with Crippen LogP contribution < -0.4 is 5.32 Å². The lowest BCUT2D eigenvalue weighted by Crippen LogP contribution is -2.55. The number of carboxylic acid groups (broad SMARTS) is 1. The number of nitrogens with one attached hydrogen (secondary N) is 1. The van der Waals surface area contributed by atoms with Gasteiger partial charge in [-0.15, -0.1) is 12.8 Å². The van der Waals surface area contributed by atoms with E-state index in [4.69, 9.17) is 4.74 Å². The molecule has 2 aliphatic rings. The molecular formula is C21H34N2O5. The number of hydrogen-bond donors (Lipinski definition) is 2. The molecule has 1 heterocycles. The van der Waals surface area contributed by atoms with Crippen LogP contribution in [-0.4, -0.2) is 58.6 Å². The van der Waals surface area contributed by atoms with Gasteiger partial charge in [-0.25, -0.2) is 4.79 Å².